The number of carbonyl (C=O) groups is 1. The summed E-state index contributed by atoms with van der Waals surface area (Å²) in [6, 6.07) is 3.78. The van der Waals surface area contributed by atoms with Gasteiger partial charge in [0.15, 0.2) is 5.69 Å². The van der Waals surface area contributed by atoms with Gasteiger partial charge in [0, 0.05) is 10.0 Å². The first kappa shape index (κ1) is 16.2. The largest absolute Gasteiger partial charge is 0.492 e. The lowest BCUT2D eigenvalue weighted by Crippen LogP contribution is -2.13. The van der Waals surface area contributed by atoms with E-state index in [1.54, 1.807) is 0 Å². The second-order valence-corrected chi connectivity index (χ2v) is 6.43. The molecule has 0 saturated carbocycles. The maximum atomic E-state index is 11.4. The van der Waals surface area contributed by atoms with Gasteiger partial charge in [-0.15, -0.1) is 0 Å². The number of nitrogens with two attached hydrogens (primary N) is 1. The highest BCUT2D eigenvalue weighted by Gasteiger charge is 2.21. The fraction of sp³-hybridized carbons (Fsp3) is 0.308. The molecule has 0 bridgehead atoms. The van der Waals surface area contributed by atoms with E-state index in [2.05, 4.69) is 60.9 Å². The molecular weight excluding hydrogens is 451 g/mol. The van der Waals surface area contributed by atoms with E-state index in [0.29, 0.717) is 23.6 Å². The Balaban J connectivity index is 2.50. The molecule has 112 valence electrons. The van der Waals surface area contributed by atoms with Crippen molar-refractivity contribution in [1.29, 1.82) is 0 Å². The number of halogens is 2. The molecule has 3 N–H and O–H groups in total. The Labute approximate surface area is 144 Å². The van der Waals surface area contributed by atoms with Crippen LogP contribution in [0.4, 0.5) is 0 Å². The topological polar surface area (TPSA) is 93.9 Å². The number of hydrogen-bond acceptors (Lipinski definition) is 4. The molecule has 0 saturated heterocycles. The van der Waals surface area contributed by atoms with Gasteiger partial charge in [0.05, 0.1) is 10.2 Å². The summed E-state index contributed by atoms with van der Waals surface area (Å²) in [7, 11) is 0. The zero-order valence-corrected chi connectivity index (χ0v) is 15.1. The van der Waals surface area contributed by atoms with Crippen molar-refractivity contribution in [3.8, 4) is 17.0 Å². The Hall–Kier alpha value is -1.16. The van der Waals surface area contributed by atoms with Gasteiger partial charge in [0.1, 0.15) is 11.4 Å². The highest BCUT2D eigenvalue weighted by Crippen LogP contribution is 2.37. The van der Waals surface area contributed by atoms with E-state index in [1.165, 1.54) is 0 Å². The Bertz CT molecular complexity index is 660. The van der Waals surface area contributed by atoms with E-state index in [0.717, 1.165) is 20.9 Å². The normalized spacial score (nSPS) is 10.6. The first-order chi connectivity index (χ1) is 10.0. The number of ether oxygens (including phenoxy) is 1. The van der Waals surface area contributed by atoms with Crippen LogP contribution in [0.1, 0.15) is 30.3 Å². The summed E-state index contributed by atoms with van der Waals surface area (Å²) < 4.78 is 7.65. The summed E-state index contributed by atoms with van der Waals surface area (Å²) in [5, 5.41) is 10.3. The van der Waals surface area contributed by atoms with Crippen LogP contribution in [0.2, 0.25) is 0 Å². The fourth-order valence-corrected chi connectivity index (χ4v) is 3.46. The number of carbonyl (C=O) groups excluding carboxylic acids is 1. The molecule has 0 fully saturated rings. The van der Waals surface area contributed by atoms with Crippen LogP contribution < -0.4 is 10.5 Å². The summed E-state index contributed by atoms with van der Waals surface area (Å²) in [4.78, 5) is 11.4. The summed E-state index contributed by atoms with van der Waals surface area (Å²) in [6.07, 6.45) is 1.99. The van der Waals surface area contributed by atoms with Crippen LogP contribution in [0.3, 0.4) is 0 Å². The van der Waals surface area contributed by atoms with Crippen molar-refractivity contribution in [3.05, 3.63) is 25.9 Å². The maximum Gasteiger partial charge on any atom is 0.271 e. The Morgan fingerprint density at radius 2 is 2.24 bits per heavy atom. The van der Waals surface area contributed by atoms with Crippen molar-refractivity contribution >= 4 is 44.4 Å². The van der Waals surface area contributed by atoms with Gasteiger partial charge < -0.3 is 10.5 Å². The van der Waals surface area contributed by atoms with Crippen molar-refractivity contribution < 1.29 is 9.53 Å². The third-order valence-corrected chi connectivity index (χ3v) is 4.05. The van der Waals surface area contributed by atoms with Gasteiger partial charge >= 0.3 is 0 Å². The molecule has 0 radical (unpaired) electrons. The first-order valence-electron chi connectivity index (χ1n) is 6.37. The van der Waals surface area contributed by atoms with Crippen LogP contribution in [0.5, 0.6) is 5.75 Å². The number of nitrogens with zero attached hydrogens (tertiary/aromatic N) is 2. The van der Waals surface area contributed by atoms with E-state index in [1.807, 2.05) is 12.1 Å². The summed E-state index contributed by atoms with van der Waals surface area (Å²) >= 11 is 5.63. The Kier molecular flexibility index (Phi) is 5.57. The monoisotopic (exact) mass is 464 g/mol. The van der Waals surface area contributed by atoms with E-state index >= 15 is 0 Å². The molecule has 1 aromatic carbocycles. The highest BCUT2D eigenvalue weighted by molar-refractivity contribution is 14.1. The number of benzene rings is 1. The van der Waals surface area contributed by atoms with Crippen LogP contribution in [0.25, 0.3) is 11.3 Å². The number of rotatable bonds is 6. The zero-order valence-electron chi connectivity index (χ0n) is 11.3. The molecule has 1 aromatic heterocycles. The number of hydrogen-bond donors (Lipinski definition) is 2. The highest BCUT2D eigenvalue weighted by atomic mass is 127. The summed E-state index contributed by atoms with van der Waals surface area (Å²) in [5.41, 5.74) is 6.51. The minimum Gasteiger partial charge on any atom is -0.492 e. The van der Waals surface area contributed by atoms with Crippen molar-refractivity contribution in [2.45, 2.75) is 19.8 Å². The minimum absolute atomic E-state index is 0.101. The molecule has 0 aliphatic carbocycles. The SMILES string of the molecule is CCCCOc1c(I)cc(Br)cc1-c1n[nH]nc1C(N)=O. The van der Waals surface area contributed by atoms with Crippen LogP contribution >= 0.6 is 38.5 Å². The number of unbranched alkanes of at least 4 members (excludes halogenated alkanes) is 1. The number of primary amides is 1. The van der Waals surface area contributed by atoms with Crippen LogP contribution in [0.15, 0.2) is 16.6 Å². The van der Waals surface area contributed by atoms with Crippen LogP contribution in [0, 0.1) is 3.57 Å². The number of amides is 1. The average Bonchev–Trinajstić information content (AvgIpc) is 2.90. The van der Waals surface area contributed by atoms with Crippen molar-refractivity contribution in [1.82, 2.24) is 15.4 Å². The van der Waals surface area contributed by atoms with Gasteiger partial charge in [-0.3, -0.25) is 4.79 Å². The van der Waals surface area contributed by atoms with Gasteiger partial charge in [0.25, 0.3) is 5.91 Å². The summed E-state index contributed by atoms with van der Waals surface area (Å²) in [6.45, 7) is 2.70. The van der Waals surface area contributed by atoms with E-state index in [4.69, 9.17) is 10.5 Å². The molecule has 2 rings (SSSR count). The lowest BCUT2D eigenvalue weighted by Gasteiger charge is -2.13. The lowest BCUT2D eigenvalue weighted by atomic mass is 10.1. The van der Waals surface area contributed by atoms with Gasteiger partial charge in [-0.1, -0.05) is 29.3 Å². The third kappa shape index (κ3) is 3.73. The number of nitrogens with one attached hydrogen (secondary N) is 1. The third-order valence-electron chi connectivity index (χ3n) is 2.79. The number of aromatic nitrogens is 3. The van der Waals surface area contributed by atoms with Gasteiger partial charge in [-0.25, -0.2) is 0 Å². The van der Waals surface area contributed by atoms with Crippen molar-refractivity contribution in [2.75, 3.05) is 6.61 Å². The molecule has 0 unspecified atom stereocenters. The first-order valence-corrected chi connectivity index (χ1v) is 8.24. The molecule has 0 aliphatic rings. The minimum atomic E-state index is -0.631. The predicted octanol–water partition coefficient (Wildman–Crippen LogP) is 3.12. The Morgan fingerprint density at radius 3 is 2.90 bits per heavy atom. The van der Waals surface area contributed by atoms with E-state index in [-0.39, 0.29) is 5.69 Å². The molecular formula is C13H14BrIN4O2. The average molecular weight is 465 g/mol. The quantitative estimate of drug-likeness (QED) is 0.507. The standard InChI is InChI=1S/C13H14BrIN4O2/c1-2-3-4-21-12-8(5-7(14)6-9(12)15)10-11(13(16)20)18-19-17-10/h5-6H,2-4H2,1H3,(H2,16,20)(H,17,18,19). The molecule has 1 amide bonds. The fourth-order valence-electron chi connectivity index (χ4n) is 1.79. The predicted molar refractivity (Wildman–Crippen MR) is 91.2 cm³/mol. The van der Waals surface area contributed by atoms with Crippen molar-refractivity contribution in [3.63, 3.8) is 0 Å². The van der Waals surface area contributed by atoms with Gasteiger partial charge in [-0.05, 0) is 41.1 Å². The molecule has 6 nitrogen and oxygen atoms in total. The van der Waals surface area contributed by atoms with Gasteiger partial charge in [-0.2, -0.15) is 15.4 Å². The van der Waals surface area contributed by atoms with E-state index < -0.39 is 5.91 Å². The van der Waals surface area contributed by atoms with Crippen LogP contribution in [-0.4, -0.2) is 27.9 Å². The molecule has 2 aromatic rings. The molecule has 0 aliphatic heterocycles. The molecule has 0 spiro atoms. The van der Waals surface area contributed by atoms with Crippen LogP contribution in [-0.2, 0) is 0 Å². The second kappa shape index (κ2) is 7.21. The molecule has 0 atom stereocenters. The molecule has 21 heavy (non-hydrogen) atoms. The van der Waals surface area contributed by atoms with E-state index in [9.17, 15) is 4.79 Å². The second-order valence-electron chi connectivity index (χ2n) is 4.35. The zero-order chi connectivity index (χ0) is 15.4. The molecule has 1 heterocycles. The number of H-pyrrole nitrogens is 1. The Morgan fingerprint density at radius 1 is 1.48 bits per heavy atom. The van der Waals surface area contributed by atoms with Gasteiger partial charge in [0.2, 0.25) is 0 Å². The number of aromatic amines is 1. The molecule has 8 heteroatoms. The van der Waals surface area contributed by atoms with Crippen molar-refractivity contribution in [2.24, 2.45) is 5.73 Å². The maximum absolute atomic E-state index is 11.4. The smallest absolute Gasteiger partial charge is 0.271 e. The lowest BCUT2D eigenvalue weighted by molar-refractivity contribution is 0.0996. The summed E-state index contributed by atoms with van der Waals surface area (Å²) in [5.74, 6) is 0.0527.